The van der Waals surface area contributed by atoms with Gasteiger partial charge in [0.25, 0.3) is 5.91 Å². The van der Waals surface area contributed by atoms with Gasteiger partial charge in [-0.25, -0.2) is 8.42 Å². The Hall–Kier alpha value is -4.25. The molecule has 278 valence electrons. The maximum Gasteiger partial charge on any atom is 0.251 e. The predicted octanol–water partition coefficient (Wildman–Crippen LogP) is 1.66. The van der Waals surface area contributed by atoms with Crippen LogP contribution in [0.25, 0.3) is 11.1 Å². The Labute approximate surface area is 300 Å². The molecule has 1 aliphatic heterocycles. The zero-order valence-electron chi connectivity index (χ0n) is 30.2. The highest BCUT2D eigenvalue weighted by Crippen LogP contribution is 2.38. The number of hydroxylamine groups is 2. The van der Waals surface area contributed by atoms with Gasteiger partial charge in [0.05, 0.1) is 38.3 Å². The van der Waals surface area contributed by atoms with E-state index in [-0.39, 0.29) is 18.5 Å². The molecule has 0 bridgehead atoms. The molecule has 2 amide bonds. The molecule has 1 aliphatic rings. The fourth-order valence-corrected chi connectivity index (χ4v) is 7.14. The number of nitrogens with one attached hydrogen (secondary N) is 2. The average Bonchev–Trinajstić information content (AvgIpc) is 3.43. The summed E-state index contributed by atoms with van der Waals surface area (Å²) >= 11 is 0. The summed E-state index contributed by atoms with van der Waals surface area (Å²) in [5, 5.41) is 24.9. The second-order valence-electron chi connectivity index (χ2n) is 13.4. The van der Waals surface area contributed by atoms with Crippen LogP contribution in [0.15, 0.2) is 60.7 Å². The summed E-state index contributed by atoms with van der Waals surface area (Å²) in [6, 6.07) is 16.8. The molecule has 14 nitrogen and oxygen atoms in total. The minimum Gasteiger partial charge on any atom is -0.496 e. The molecule has 3 aromatic carbocycles. The Kier molecular flexibility index (Phi) is 13.1. The second-order valence-corrected chi connectivity index (χ2v) is 15.1. The maximum absolute atomic E-state index is 14.0. The van der Waals surface area contributed by atoms with Crippen LogP contribution in [0, 0.1) is 5.92 Å². The van der Waals surface area contributed by atoms with E-state index >= 15 is 0 Å². The number of hydrogen-bond donors (Lipinski definition) is 5. The van der Waals surface area contributed by atoms with Gasteiger partial charge in [-0.1, -0.05) is 36.4 Å². The molecule has 0 saturated carbocycles. The van der Waals surface area contributed by atoms with Gasteiger partial charge in [-0.3, -0.25) is 19.1 Å². The number of carbonyl (C=O) groups excluding carboxylic acids is 2. The number of para-hydroxylation sites is 2. The maximum atomic E-state index is 14.0. The quantitative estimate of drug-likeness (QED) is 0.145. The van der Waals surface area contributed by atoms with E-state index in [1.807, 2.05) is 74.4 Å². The number of benzene rings is 3. The molecule has 4 rings (SSSR count). The summed E-state index contributed by atoms with van der Waals surface area (Å²) in [6.45, 7) is 1.68. The lowest BCUT2D eigenvalue weighted by molar-refractivity contribution is -0.181. The number of sulfonamides is 1. The number of ether oxygens (including phenoxy) is 1. The van der Waals surface area contributed by atoms with Crippen molar-refractivity contribution in [1.29, 1.82) is 0 Å². The van der Waals surface area contributed by atoms with Gasteiger partial charge < -0.3 is 35.8 Å². The molecule has 1 heterocycles. The molecular weight excluding hydrogens is 676 g/mol. The van der Waals surface area contributed by atoms with Gasteiger partial charge in [-0.05, 0) is 62.8 Å². The van der Waals surface area contributed by atoms with Gasteiger partial charge >= 0.3 is 0 Å². The van der Waals surface area contributed by atoms with Crippen LogP contribution in [-0.4, -0.2) is 119 Å². The lowest BCUT2D eigenvalue weighted by atomic mass is 9.89. The number of primary amides is 1. The molecular formula is C36H50N6O8S. The Morgan fingerprint density at radius 3 is 2.33 bits per heavy atom. The van der Waals surface area contributed by atoms with Crippen LogP contribution >= 0.6 is 0 Å². The number of nitrogens with two attached hydrogens (primary N) is 1. The van der Waals surface area contributed by atoms with Crippen LogP contribution in [-0.2, 0) is 32.6 Å². The van der Waals surface area contributed by atoms with E-state index in [0.29, 0.717) is 46.7 Å². The van der Waals surface area contributed by atoms with Crippen LogP contribution in [0.2, 0.25) is 0 Å². The standard InChI is InChI=1S/C36H50N6O8S/c1-22(44)32-31(21-43)50-42(33(32)35(37)45)19-24-12-10-13-29(34(24)49-6)25-15-26(18-28(17-25)41(4)5)36(46)38-27(20-40(2)3)16-23-11-8-9-14-30(23)39-51(7,47)48/h8-15,17-18,22,27,31-33,39,43-44H,16,19-21H2,1-7H3,(H2,37,45)(H,38,46)/t22-,27-,31-,32-,33-/m0/s1. The highest BCUT2D eigenvalue weighted by molar-refractivity contribution is 7.92. The lowest BCUT2D eigenvalue weighted by Gasteiger charge is -2.25. The summed E-state index contributed by atoms with van der Waals surface area (Å²) in [6.07, 6.45) is -0.320. The van der Waals surface area contributed by atoms with Crippen LogP contribution in [0.5, 0.6) is 5.75 Å². The fraction of sp³-hybridized carbons (Fsp3) is 0.444. The van der Waals surface area contributed by atoms with Gasteiger partial charge in [0, 0.05) is 55.0 Å². The van der Waals surface area contributed by atoms with Crippen molar-refractivity contribution < 1.29 is 37.8 Å². The van der Waals surface area contributed by atoms with Crippen molar-refractivity contribution in [3.63, 3.8) is 0 Å². The smallest absolute Gasteiger partial charge is 0.251 e. The molecule has 0 radical (unpaired) electrons. The van der Waals surface area contributed by atoms with E-state index < -0.39 is 46.7 Å². The van der Waals surface area contributed by atoms with E-state index in [9.17, 15) is 28.2 Å². The number of aliphatic hydroxyl groups is 2. The number of nitrogens with zero attached hydrogens (tertiary/aromatic N) is 3. The Morgan fingerprint density at radius 2 is 1.75 bits per heavy atom. The molecule has 1 saturated heterocycles. The van der Waals surface area contributed by atoms with Crippen molar-refractivity contribution in [3.8, 4) is 16.9 Å². The normalized spacial score (nSPS) is 19.1. The van der Waals surface area contributed by atoms with Crippen molar-refractivity contribution in [3.05, 3.63) is 77.4 Å². The van der Waals surface area contributed by atoms with E-state index in [1.165, 1.54) is 19.1 Å². The van der Waals surface area contributed by atoms with Gasteiger partial charge in [0.2, 0.25) is 15.9 Å². The Morgan fingerprint density at radius 1 is 1.06 bits per heavy atom. The molecule has 0 aromatic heterocycles. The van der Waals surface area contributed by atoms with Gasteiger partial charge in [0.1, 0.15) is 17.9 Å². The van der Waals surface area contributed by atoms with Gasteiger partial charge in [-0.15, -0.1) is 0 Å². The van der Waals surface area contributed by atoms with Crippen molar-refractivity contribution in [2.24, 2.45) is 11.7 Å². The molecule has 0 unspecified atom stereocenters. The third-order valence-corrected chi connectivity index (χ3v) is 9.33. The molecule has 15 heteroatoms. The van der Waals surface area contributed by atoms with Crippen LogP contribution in [0.4, 0.5) is 11.4 Å². The summed E-state index contributed by atoms with van der Waals surface area (Å²) in [7, 11) is 5.56. The van der Waals surface area contributed by atoms with Crippen molar-refractivity contribution >= 4 is 33.2 Å². The third kappa shape index (κ3) is 9.96. The predicted molar refractivity (Wildman–Crippen MR) is 197 cm³/mol. The van der Waals surface area contributed by atoms with E-state index in [2.05, 4.69) is 10.0 Å². The van der Waals surface area contributed by atoms with Crippen LogP contribution < -0.4 is 25.4 Å². The summed E-state index contributed by atoms with van der Waals surface area (Å²) in [5.74, 6) is -1.26. The minimum absolute atomic E-state index is 0.0624. The third-order valence-electron chi connectivity index (χ3n) is 8.74. The summed E-state index contributed by atoms with van der Waals surface area (Å²) < 4.78 is 32.5. The minimum atomic E-state index is -3.51. The molecule has 1 fully saturated rings. The zero-order chi connectivity index (χ0) is 37.6. The first-order valence-electron chi connectivity index (χ1n) is 16.5. The molecule has 5 atom stereocenters. The topological polar surface area (TPSA) is 187 Å². The van der Waals surface area contributed by atoms with Gasteiger partial charge in [-0.2, -0.15) is 5.06 Å². The first-order valence-corrected chi connectivity index (χ1v) is 18.4. The van der Waals surface area contributed by atoms with Crippen molar-refractivity contribution in [1.82, 2.24) is 15.3 Å². The Balaban J connectivity index is 1.69. The SMILES string of the molecule is COc1c(CN2O[C@@H](CO)[C@H]([C@H](C)O)[C@H]2C(N)=O)cccc1-c1cc(C(=O)N[C@@H](Cc2ccccc2NS(C)(=O)=O)CN(C)C)cc(N(C)C)c1. The monoisotopic (exact) mass is 726 g/mol. The van der Waals surface area contributed by atoms with Gasteiger partial charge in [0.15, 0.2) is 0 Å². The Bertz CT molecular complexity index is 1800. The molecule has 6 N–H and O–H groups in total. The summed E-state index contributed by atoms with van der Waals surface area (Å²) in [4.78, 5) is 36.3. The second kappa shape index (κ2) is 16.8. The number of anilines is 2. The number of rotatable bonds is 16. The van der Waals surface area contributed by atoms with E-state index in [1.54, 1.807) is 24.3 Å². The lowest BCUT2D eigenvalue weighted by Crippen LogP contribution is -2.47. The van der Waals surface area contributed by atoms with E-state index in [0.717, 1.165) is 17.5 Å². The number of aliphatic hydroxyl groups excluding tert-OH is 2. The molecule has 0 aliphatic carbocycles. The number of amides is 2. The molecule has 3 aromatic rings. The number of likely N-dealkylation sites (N-methyl/N-ethyl adjacent to an activating group) is 1. The zero-order valence-corrected chi connectivity index (χ0v) is 31.0. The number of carbonyl (C=O) groups is 2. The molecule has 0 spiro atoms. The van der Waals surface area contributed by atoms with E-state index in [4.69, 9.17) is 15.3 Å². The van der Waals surface area contributed by atoms with Crippen LogP contribution in [0.1, 0.15) is 28.4 Å². The highest BCUT2D eigenvalue weighted by atomic mass is 32.2. The first kappa shape index (κ1) is 39.5. The summed E-state index contributed by atoms with van der Waals surface area (Å²) in [5.41, 5.74) is 10.1. The largest absolute Gasteiger partial charge is 0.496 e. The van der Waals surface area contributed by atoms with Crippen molar-refractivity contribution in [2.75, 3.05) is 64.3 Å². The number of hydrogen-bond acceptors (Lipinski definition) is 11. The fourth-order valence-electron chi connectivity index (χ4n) is 6.54. The van der Waals surface area contributed by atoms with Crippen molar-refractivity contribution in [2.45, 2.75) is 44.2 Å². The molecule has 51 heavy (non-hydrogen) atoms. The average molecular weight is 727 g/mol. The highest BCUT2D eigenvalue weighted by Gasteiger charge is 2.48. The van der Waals surface area contributed by atoms with Crippen LogP contribution in [0.3, 0.4) is 0 Å². The number of methoxy groups -OCH3 is 1. The first-order chi connectivity index (χ1) is 24.0.